The van der Waals surface area contributed by atoms with Crippen LogP contribution in [0, 0.1) is 5.92 Å². The molecule has 1 aliphatic rings. The Morgan fingerprint density at radius 3 is 2.56 bits per heavy atom. The average molecular weight is 255 g/mol. The maximum Gasteiger partial charge on any atom is 0.416 e. The van der Waals surface area contributed by atoms with Crippen molar-refractivity contribution < 1.29 is 13.2 Å². The van der Waals surface area contributed by atoms with Gasteiger partial charge in [-0.05, 0) is 49.5 Å². The molecule has 1 fully saturated rings. The van der Waals surface area contributed by atoms with Crippen molar-refractivity contribution >= 4 is 6.08 Å². The van der Waals surface area contributed by atoms with Crippen molar-refractivity contribution in [2.75, 3.05) is 13.1 Å². The maximum atomic E-state index is 12.5. The van der Waals surface area contributed by atoms with E-state index in [0.717, 1.165) is 32.0 Å². The first-order valence-electron chi connectivity index (χ1n) is 6.12. The van der Waals surface area contributed by atoms with Crippen LogP contribution in [0.25, 0.3) is 6.08 Å². The molecule has 1 heterocycles. The molecule has 0 saturated carbocycles. The van der Waals surface area contributed by atoms with E-state index in [1.165, 1.54) is 12.1 Å². The minimum absolute atomic E-state index is 0.473. The highest BCUT2D eigenvalue weighted by atomic mass is 19.4. The monoisotopic (exact) mass is 255 g/mol. The van der Waals surface area contributed by atoms with Gasteiger partial charge in [0.25, 0.3) is 0 Å². The predicted molar refractivity (Wildman–Crippen MR) is 66.1 cm³/mol. The van der Waals surface area contributed by atoms with Crippen LogP contribution in [0.4, 0.5) is 13.2 Å². The molecule has 0 radical (unpaired) electrons. The Bertz CT molecular complexity index is 417. The lowest BCUT2D eigenvalue weighted by molar-refractivity contribution is -0.137. The van der Waals surface area contributed by atoms with Crippen molar-refractivity contribution in [3.63, 3.8) is 0 Å². The zero-order valence-electron chi connectivity index (χ0n) is 10.0. The highest BCUT2D eigenvalue weighted by Gasteiger charge is 2.30. The van der Waals surface area contributed by atoms with E-state index in [2.05, 4.69) is 5.32 Å². The summed E-state index contributed by atoms with van der Waals surface area (Å²) >= 11 is 0. The third-order valence-corrected chi connectivity index (χ3v) is 3.16. The van der Waals surface area contributed by atoms with Gasteiger partial charge in [0.05, 0.1) is 5.56 Å². The molecule has 98 valence electrons. The molecule has 0 atom stereocenters. The van der Waals surface area contributed by atoms with Gasteiger partial charge in [-0.25, -0.2) is 0 Å². The summed E-state index contributed by atoms with van der Waals surface area (Å²) in [6.07, 6.45) is 1.66. The van der Waals surface area contributed by atoms with Crippen molar-refractivity contribution in [3.05, 3.63) is 41.5 Å². The van der Waals surface area contributed by atoms with Crippen LogP contribution in [0.15, 0.2) is 30.3 Å². The van der Waals surface area contributed by atoms with Gasteiger partial charge in [0.2, 0.25) is 0 Å². The molecular formula is C14H16F3N. The molecule has 1 aromatic rings. The number of allylic oxidation sites excluding steroid dienone is 1. The summed E-state index contributed by atoms with van der Waals surface area (Å²) in [6.45, 7) is 1.97. The zero-order chi connectivity index (χ0) is 13.0. The standard InChI is InChI=1S/C14H16F3N/c15-14(16,17)13-3-1-2-12(10-13)5-4-11-6-8-18-9-7-11/h1-5,10-11,18H,6-9H2/b5-4+. The lowest BCUT2D eigenvalue weighted by atomic mass is 9.96. The Morgan fingerprint density at radius 2 is 1.89 bits per heavy atom. The fourth-order valence-electron chi connectivity index (χ4n) is 2.10. The third kappa shape index (κ3) is 3.60. The topological polar surface area (TPSA) is 12.0 Å². The summed E-state index contributed by atoms with van der Waals surface area (Å²) in [6, 6.07) is 5.44. The minimum Gasteiger partial charge on any atom is -0.317 e. The molecular weight excluding hydrogens is 239 g/mol. The molecule has 4 heteroatoms. The first-order chi connectivity index (χ1) is 8.55. The summed E-state index contributed by atoms with van der Waals surface area (Å²) < 4.78 is 37.6. The van der Waals surface area contributed by atoms with Crippen LogP contribution in [0.1, 0.15) is 24.0 Å². The summed E-state index contributed by atoms with van der Waals surface area (Å²) in [7, 11) is 0. The zero-order valence-corrected chi connectivity index (χ0v) is 10.0. The number of rotatable bonds is 2. The summed E-state index contributed by atoms with van der Waals surface area (Å²) in [5.41, 5.74) is 0.0262. The fourth-order valence-corrected chi connectivity index (χ4v) is 2.10. The van der Waals surface area contributed by atoms with Crippen molar-refractivity contribution in [2.24, 2.45) is 5.92 Å². The fraction of sp³-hybridized carbons (Fsp3) is 0.429. The number of piperidine rings is 1. The number of nitrogens with one attached hydrogen (secondary N) is 1. The van der Waals surface area contributed by atoms with Gasteiger partial charge in [-0.3, -0.25) is 0 Å². The largest absolute Gasteiger partial charge is 0.416 e. The second-order valence-corrected chi connectivity index (χ2v) is 4.57. The van der Waals surface area contributed by atoms with Crippen molar-refractivity contribution in [2.45, 2.75) is 19.0 Å². The Morgan fingerprint density at radius 1 is 1.17 bits per heavy atom. The lowest BCUT2D eigenvalue weighted by Gasteiger charge is -2.19. The van der Waals surface area contributed by atoms with Crippen molar-refractivity contribution in [1.29, 1.82) is 0 Å². The Labute approximate surface area is 105 Å². The van der Waals surface area contributed by atoms with Gasteiger partial charge in [0.1, 0.15) is 0 Å². The quantitative estimate of drug-likeness (QED) is 0.849. The summed E-state index contributed by atoms with van der Waals surface area (Å²) in [4.78, 5) is 0. The number of benzene rings is 1. The highest BCUT2D eigenvalue weighted by Crippen LogP contribution is 2.29. The molecule has 0 unspecified atom stereocenters. The highest BCUT2D eigenvalue weighted by molar-refractivity contribution is 5.51. The molecule has 0 spiro atoms. The molecule has 1 nitrogen and oxygen atoms in total. The number of hydrogen-bond acceptors (Lipinski definition) is 1. The van der Waals surface area contributed by atoms with Gasteiger partial charge in [-0.1, -0.05) is 24.3 Å². The van der Waals surface area contributed by atoms with Crippen molar-refractivity contribution in [3.8, 4) is 0 Å². The first kappa shape index (κ1) is 13.1. The van der Waals surface area contributed by atoms with Gasteiger partial charge in [-0.15, -0.1) is 0 Å². The van der Waals surface area contributed by atoms with E-state index in [0.29, 0.717) is 11.5 Å². The van der Waals surface area contributed by atoms with Gasteiger partial charge < -0.3 is 5.32 Å². The molecule has 2 rings (SSSR count). The van der Waals surface area contributed by atoms with Crippen LogP contribution in [0.2, 0.25) is 0 Å². The molecule has 0 amide bonds. The molecule has 1 aliphatic heterocycles. The molecule has 1 aromatic carbocycles. The second kappa shape index (κ2) is 5.57. The van der Waals surface area contributed by atoms with E-state index in [1.54, 1.807) is 12.1 Å². The van der Waals surface area contributed by atoms with E-state index in [-0.39, 0.29) is 0 Å². The van der Waals surface area contributed by atoms with Crippen LogP contribution in [0.3, 0.4) is 0 Å². The Hall–Kier alpha value is -1.29. The van der Waals surface area contributed by atoms with E-state index >= 15 is 0 Å². The normalized spacial score (nSPS) is 18.4. The van der Waals surface area contributed by atoms with Gasteiger partial charge in [0, 0.05) is 0 Å². The van der Waals surface area contributed by atoms with Crippen LogP contribution in [0.5, 0.6) is 0 Å². The Balaban J connectivity index is 2.07. The first-order valence-corrected chi connectivity index (χ1v) is 6.12. The molecule has 0 aliphatic carbocycles. The smallest absolute Gasteiger partial charge is 0.317 e. The van der Waals surface area contributed by atoms with E-state index in [1.807, 2.05) is 6.08 Å². The third-order valence-electron chi connectivity index (χ3n) is 3.16. The molecule has 0 bridgehead atoms. The molecule has 1 N–H and O–H groups in total. The summed E-state index contributed by atoms with van der Waals surface area (Å²) in [5.74, 6) is 0.473. The van der Waals surface area contributed by atoms with Crippen molar-refractivity contribution in [1.82, 2.24) is 5.32 Å². The van der Waals surface area contributed by atoms with E-state index < -0.39 is 11.7 Å². The van der Waals surface area contributed by atoms with E-state index in [9.17, 15) is 13.2 Å². The van der Waals surface area contributed by atoms with E-state index in [4.69, 9.17) is 0 Å². The Kier molecular flexibility index (Phi) is 4.07. The second-order valence-electron chi connectivity index (χ2n) is 4.57. The molecule has 1 saturated heterocycles. The van der Waals surface area contributed by atoms with Gasteiger partial charge in [-0.2, -0.15) is 13.2 Å². The van der Waals surface area contributed by atoms with Crippen LogP contribution in [-0.4, -0.2) is 13.1 Å². The SMILES string of the molecule is FC(F)(F)c1cccc(/C=C/C2CCNCC2)c1. The molecule has 0 aromatic heterocycles. The minimum atomic E-state index is -4.27. The predicted octanol–water partition coefficient (Wildman–Crippen LogP) is 3.72. The number of alkyl halides is 3. The van der Waals surface area contributed by atoms with Gasteiger partial charge >= 0.3 is 6.18 Å². The maximum absolute atomic E-state index is 12.5. The lowest BCUT2D eigenvalue weighted by Crippen LogP contribution is -2.26. The van der Waals surface area contributed by atoms with Crippen LogP contribution in [-0.2, 0) is 6.18 Å². The van der Waals surface area contributed by atoms with Crippen LogP contribution >= 0.6 is 0 Å². The number of hydrogen-bond donors (Lipinski definition) is 1. The average Bonchev–Trinajstić information content (AvgIpc) is 2.37. The van der Waals surface area contributed by atoms with Gasteiger partial charge in [0.15, 0.2) is 0 Å². The number of halogens is 3. The molecule has 18 heavy (non-hydrogen) atoms. The van der Waals surface area contributed by atoms with Crippen LogP contribution < -0.4 is 5.32 Å². The summed E-state index contributed by atoms with van der Waals surface area (Å²) in [5, 5.41) is 3.26.